The van der Waals surface area contributed by atoms with Crippen LogP contribution in [-0.2, 0) is 23.8 Å². The van der Waals surface area contributed by atoms with Gasteiger partial charge in [0.25, 0.3) is 0 Å². The number of rotatable bonds is 7. The van der Waals surface area contributed by atoms with Crippen LogP contribution in [0.2, 0.25) is 0 Å². The fourth-order valence-corrected chi connectivity index (χ4v) is 12.8. The third kappa shape index (κ3) is 4.62. The third-order valence-corrected chi connectivity index (χ3v) is 15.1. The van der Waals surface area contributed by atoms with Gasteiger partial charge in [0.05, 0.1) is 31.5 Å². The molecule has 246 valence electrons. The summed E-state index contributed by atoms with van der Waals surface area (Å²) in [5.41, 5.74) is 8.09. The normalized spacial score (nSPS) is 51.2. The van der Waals surface area contributed by atoms with Crippen LogP contribution >= 0.6 is 0 Å². The largest absolute Gasteiger partial charge is 0.389 e. The number of aliphatic hydroxyl groups is 1. The Bertz CT molecular complexity index is 1160. The van der Waals surface area contributed by atoms with Gasteiger partial charge in [-0.2, -0.15) is 0 Å². The van der Waals surface area contributed by atoms with Gasteiger partial charge in [-0.05, 0) is 130 Å². The van der Waals surface area contributed by atoms with Gasteiger partial charge in [0.2, 0.25) is 5.91 Å². The summed E-state index contributed by atoms with van der Waals surface area (Å²) in [6.45, 7) is 6.21. The number of hydrogen-bond donors (Lipinski definition) is 2. The van der Waals surface area contributed by atoms with E-state index < -0.39 is 5.54 Å². The van der Waals surface area contributed by atoms with Crippen LogP contribution in [0.15, 0.2) is 0 Å². The minimum absolute atomic E-state index is 0.0232. The second kappa shape index (κ2) is 10.7. The monoisotopic (exact) mass is 612 g/mol. The highest BCUT2D eigenvalue weighted by Crippen LogP contribution is 2.85. The average Bonchev–Trinajstić information content (AvgIpc) is 3.92. The Morgan fingerprint density at radius 1 is 0.955 bits per heavy atom. The predicted octanol–water partition coefficient (Wildman–Crippen LogP) is 4.60. The zero-order valence-electron chi connectivity index (χ0n) is 27.1. The molecule has 8 nitrogen and oxygen atoms in total. The molecule has 0 aromatic carbocycles. The molecule has 44 heavy (non-hydrogen) atoms. The number of fused-ring (bicyclic) bond motifs is 4. The molecule has 2 aliphatic heterocycles. The molecule has 10 unspecified atom stereocenters. The van der Waals surface area contributed by atoms with Gasteiger partial charge in [0.15, 0.2) is 12.1 Å². The standard InChI is InChI=1S/C36H56N2O6/c1-33-12-13-35-21-36(35)11-3-4-30(44-32-19-38(14-15-42-32)31(41)16-22-5-6-22)34(2,37)29(36)10-9-25(35)27(33)18-28-26(33)8-7-24(43-28)17-23(40)20-39/h22,24-30,32,39H,3-21,37H2,1-2H3/t24?,25?,26?,27?,28?,29?,30-,32?,33+,34?,35?,36?/m0/s1. The van der Waals surface area contributed by atoms with Crippen molar-refractivity contribution in [2.45, 2.75) is 140 Å². The Balaban J connectivity index is 0.966. The Kier molecular flexibility index (Phi) is 7.39. The van der Waals surface area contributed by atoms with Crippen LogP contribution in [0, 0.1) is 45.8 Å². The number of hydrogen-bond acceptors (Lipinski definition) is 7. The van der Waals surface area contributed by atoms with E-state index >= 15 is 0 Å². The van der Waals surface area contributed by atoms with Crippen molar-refractivity contribution in [1.82, 2.24) is 4.90 Å². The average molecular weight is 613 g/mol. The Morgan fingerprint density at radius 2 is 1.77 bits per heavy atom. The Hall–Kier alpha value is -1.06. The van der Waals surface area contributed by atoms with Crippen LogP contribution in [0.3, 0.4) is 0 Å². The summed E-state index contributed by atoms with van der Waals surface area (Å²) in [6, 6.07) is 0. The highest BCUT2D eigenvalue weighted by atomic mass is 16.7. The summed E-state index contributed by atoms with van der Waals surface area (Å²) >= 11 is 0. The first-order chi connectivity index (χ1) is 21.1. The molecule has 0 radical (unpaired) electrons. The van der Waals surface area contributed by atoms with Crippen molar-refractivity contribution in [3.63, 3.8) is 0 Å². The van der Waals surface area contributed by atoms with Crippen LogP contribution in [0.25, 0.3) is 0 Å². The minimum Gasteiger partial charge on any atom is -0.389 e. The van der Waals surface area contributed by atoms with Crippen molar-refractivity contribution in [1.29, 1.82) is 0 Å². The van der Waals surface area contributed by atoms with Gasteiger partial charge in [-0.3, -0.25) is 9.59 Å². The fraction of sp³-hybridized carbons (Fsp3) is 0.944. The molecule has 8 aliphatic rings. The number of aliphatic hydroxyl groups excluding tert-OH is 1. The lowest BCUT2D eigenvalue weighted by Gasteiger charge is -2.56. The summed E-state index contributed by atoms with van der Waals surface area (Å²) in [6.07, 6.45) is 16.2. The van der Waals surface area contributed by atoms with Gasteiger partial charge in [-0.15, -0.1) is 0 Å². The maximum atomic E-state index is 12.9. The third-order valence-electron chi connectivity index (χ3n) is 15.1. The highest BCUT2D eigenvalue weighted by molar-refractivity contribution is 5.79. The van der Waals surface area contributed by atoms with Crippen LogP contribution in [0.5, 0.6) is 0 Å². The first kappa shape index (κ1) is 30.3. The first-order valence-corrected chi connectivity index (χ1v) is 18.2. The molecule has 8 heteroatoms. The lowest BCUT2D eigenvalue weighted by atomic mass is 9.49. The predicted molar refractivity (Wildman–Crippen MR) is 164 cm³/mol. The summed E-state index contributed by atoms with van der Waals surface area (Å²) < 4.78 is 19.5. The summed E-state index contributed by atoms with van der Waals surface area (Å²) in [5, 5.41) is 9.29. The number of ether oxygens (including phenoxy) is 3. The lowest BCUT2D eigenvalue weighted by Crippen LogP contribution is -2.61. The molecule has 12 atom stereocenters. The highest BCUT2D eigenvalue weighted by Gasteiger charge is 2.80. The molecule has 0 aromatic rings. The molecule has 2 spiro atoms. The molecule has 3 N–H and O–H groups in total. The van der Waals surface area contributed by atoms with E-state index in [1.165, 1.54) is 51.4 Å². The molecular formula is C36H56N2O6. The van der Waals surface area contributed by atoms with Crippen molar-refractivity contribution in [2.24, 2.45) is 51.6 Å². The van der Waals surface area contributed by atoms with Crippen molar-refractivity contribution < 1.29 is 28.9 Å². The fourth-order valence-electron chi connectivity index (χ4n) is 12.8. The molecule has 0 bridgehead atoms. The van der Waals surface area contributed by atoms with E-state index in [0.717, 1.165) is 38.0 Å². The zero-order chi connectivity index (χ0) is 30.5. The van der Waals surface area contributed by atoms with E-state index in [0.29, 0.717) is 72.5 Å². The van der Waals surface area contributed by atoms with E-state index in [1.54, 1.807) is 0 Å². The van der Waals surface area contributed by atoms with Gasteiger partial charge in [-0.1, -0.05) is 13.3 Å². The molecular weight excluding hydrogens is 556 g/mol. The summed E-state index contributed by atoms with van der Waals surface area (Å²) in [4.78, 5) is 26.8. The second-order valence-corrected chi connectivity index (χ2v) is 17.1. The zero-order valence-corrected chi connectivity index (χ0v) is 27.1. The van der Waals surface area contributed by atoms with E-state index in [4.69, 9.17) is 19.9 Å². The van der Waals surface area contributed by atoms with Crippen molar-refractivity contribution >= 4 is 11.7 Å². The van der Waals surface area contributed by atoms with Gasteiger partial charge in [-0.25, -0.2) is 0 Å². The number of Topliss-reactive ketones (excluding diaryl/α,β-unsaturated/α-hetero) is 1. The number of nitrogens with two attached hydrogens (primary N) is 1. The van der Waals surface area contributed by atoms with E-state index in [2.05, 4.69) is 13.8 Å². The van der Waals surface area contributed by atoms with E-state index in [-0.39, 0.29) is 42.9 Å². The van der Waals surface area contributed by atoms with Gasteiger partial charge in [0.1, 0.15) is 6.61 Å². The Morgan fingerprint density at radius 3 is 2.57 bits per heavy atom. The number of carbonyl (C=O) groups is 2. The molecule has 1 amide bonds. The molecule has 8 fully saturated rings. The maximum Gasteiger partial charge on any atom is 0.223 e. The molecule has 6 aliphatic carbocycles. The quantitative estimate of drug-likeness (QED) is 0.433. The van der Waals surface area contributed by atoms with Gasteiger partial charge < -0.3 is 30.0 Å². The van der Waals surface area contributed by atoms with Crippen molar-refractivity contribution in [2.75, 3.05) is 26.3 Å². The van der Waals surface area contributed by atoms with E-state index in [9.17, 15) is 14.7 Å². The van der Waals surface area contributed by atoms with Crippen LogP contribution in [0.4, 0.5) is 0 Å². The number of ketones is 1. The summed E-state index contributed by atoms with van der Waals surface area (Å²) in [5.74, 6) is 3.23. The smallest absolute Gasteiger partial charge is 0.223 e. The van der Waals surface area contributed by atoms with Gasteiger partial charge >= 0.3 is 0 Å². The number of amides is 1. The van der Waals surface area contributed by atoms with E-state index in [1.807, 2.05) is 4.90 Å². The minimum atomic E-state index is -0.422. The number of morpholine rings is 1. The first-order valence-electron chi connectivity index (χ1n) is 18.2. The SMILES string of the molecule is CC1(N)C2CCC3C4CC5OC(CC(=O)CO)CCC5[C@@]4(C)CCC34CC24CCC[C@@H]1OC1CN(C(=O)CC2CC2)CCO1. The molecule has 2 heterocycles. The number of nitrogens with zero attached hydrogens (tertiary/aromatic N) is 1. The van der Waals surface area contributed by atoms with Gasteiger partial charge in [0, 0.05) is 24.9 Å². The summed E-state index contributed by atoms with van der Waals surface area (Å²) in [7, 11) is 0. The van der Waals surface area contributed by atoms with Crippen LogP contribution in [-0.4, -0.2) is 78.1 Å². The molecule has 8 rings (SSSR count). The number of carbonyl (C=O) groups excluding carboxylic acids is 2. The molecule has 2 saturated heterocycles. The maximum absolute atomic E-state index is 12.9. The molecule has 6 saturated carbocycles. The van der Waals surface area contributed by atoms with Crippen LogP contribution < -0.4 is 5.73 Å². The van der Waals surface area contributed by atoms with Crippen LogP contribution in [0.1, 0.15) is 110 Å². The second-order valence-electron chi connectivity index (χ2n) is 17.1. The lowest BCUT2D eigenvalue weighted by molar-refractivity contribution is -0.219. The topological polar surface area (TPSA) is 111 Å². The Labute approximate surface area is 263 Å². The van der Waals surface area contributed by atoms with Crippen molar-refractivity contribution in [3.8, 4) is 0 Å². The van der Waals surface area contributed by atoms with Crippen molar-refractivity contribution in [3.05, 3.63) is 0 Å². The molecule has 0 aromatic heterocycles.